The quantitative estimate of drug-likeness (QED) is 0.824. The minimum atomic E-state index is -0.831. The normalized spacial score (nSPS) is 28.1. The lowest BCUT2D eigenvalue weighted by molar-refractivity contribution is -0.137. The van der Waals surface area contributed by atoms with Crippen molar-refractivity contribution >= 4 is 17.8 Å². The van der Waals surface area contributed by atoms with E-state index in [0.717, 1.165) is 24.2 Å². The molecule has 0 radical (unpaired) electrons. The van der Waals surface area contributed by atoms with Gasteiger partial charge in [-0.3, -0.25) is 14.5 Å². The van der Waals surface area contributed by atoms with Crippen molar-refractivity contribution in [3.8, 4) is 0 Å². The van der Waals surface area contributed by atoms with E-state index in [2.05, 4.69) is 10.6 Å². The van der Waals surface area contributed by atoms with E-state index in [1.165, 1.54) is 6.26 Å². The Morgan fingerprint density at radius 2 is 2.29 bits per heavy atom. The molecule has 2 aliphatic rings. The van der Waals surface area contributed by atoms with Gasteiger partial charge in [-0.25, -0.2) is 4.79 Å². The minimum Gasteiger partial charge on any atom is -0.467 e. The SMILES string of the molecule is C[C@H](NC(=O)CN1C(=O)N[C@]2(CCCC[C@@H]2C)C1=O)c1ccco1. The molecule has 2 fully saturated rings. The number of carbonyl (C=O) groups excluding carboxylic acids is 3. The lowest BCUT2D eigenvalue weighted by atomic mass is 9.73. The van der Waals surface area contributed by atoms with Crippen molar-refractivity contribution in [2.75, 3.05) is 6.54 Å². The van der Waals surface area contributed by atoms with Crippen LogP contribution < -0.4 is 10.6 Å². The zero-order valence-corrected chi connectivity index (χ0v) is 14.0. The number of nitrogens with one attached hydrogen (secondary N) is 2. The Labute approximate surface area is 140 Å². The predicted molar refractivity (Wildman–Crippen MR) is 85.9 cm³/mol. The summed E-state index contributed by atoms with van der Waals surface area (Å²) in [6, 6.07) is 2.70. The Bertz CT molecular complexity index is 642. The first-order valence-electron chi connectivity index (χ1n) is 8.41. The molecular formula is C17H23N3O4. The van der Waals surface area contributed by atoms with E-state index in [1.54, 1.807) is 19.1 Å². The molecule has 0 bridgehead atoms. The van der Waals surface area contributed by atoms with Crippen LogP contribution in [-0.4, -0.2) is 34.8 Å². The maximum absolute atomic E-state index is 12.8. The standard InChI is InChI=1S/C17H23N3O4/c1-11-6-3-4-8-17(11)15(22)20(16(23)19-17)10-14(21)18-12(2)13-7-5-9-24-13/h5,7,9,11-12H,3-4,6,8,10H2,1-2H3,(H,18,21)(H,19,23)/t11-,12-,17-/m0/s1. The highest BCUT2D eigenvalue weighted by Crippen LogP contribution is 2.38. The van der Waals surface area contributed by atoms with Gasteiger partial charge in [-0.05, 0) is 37.8 Å². The van der Waals surface area contributed by atoms with Crippen LogP contribution in [0, 0.1) is 5.92 Å². The predicted octanol–water partition coefficient (Wildman–Crippen LogP) is 1.96. The molecule has 0 aromatic carbocycles. The molecule has 130 valence electrons. The number of nitrogens with zero attached hydrogens (tertiary/aromatic N) is 1. The van der Waals surface area contributed by atoms with Gasteiger partial charge in [0.15, 0.2) is 0 Å². The zero-order chi connectivity index (χ0) is 17.3. The van der Waals surface area contributed by atoms with Gasteiger partial charge in [-0.1, -0.05) is 19.8 Å². The first kappa shape index (κ1) is 16.5. The van der Waals surface area contributed by atoms with Gasteiger partial charge in [0.1, 0.15) is 17.8 Å². The maximum atomic E-state index is 12.8. The van der Waals surface area contributed by atoms with Gasteiger partial charge in [-0.15, -0.1) is 0 Å². The molecule has 4 amide bonds. The molecule has 1 aromatic rings. The first-order chi connectivity index (χ1) is 11.4. The number of hydrogen-bond acceptors (Lipinski definition) is 4. The van der Waals surface area contributed by atoms with Gasteiger partial charge in [0.05, 0.1) is 12.3 Å². The van der Waals surface area contributed by atoms with Crippen LogP contribution in [0.3, 0.4) is 0 Å². The first-order valence-corrected chi connectivity index (χ1v) is 8.41. The number of hydrogen-bond donors (Lipinski definition) is 2. The highest BCUT2D eigenvalue weighted by molar-refractivity contribution is 6.09. The molecule has 1 aliphatic carbocycles. The van der Waals surface area contributed by atoms with Crippen LogP contribution in [0.1, 0.15) is 51.3 Å². The van der Waals surface area contributed by atoms with E-state index < -0.39 is 11.6 Å². The molecule has 1 saturated heterocycles. The topological polar surface area (TPSA) is 91.7 Å². The number of urea groups is 1. The summed E-state index contributed by atoms with van der Waals surface area (Å²) in [6.07, 6.45) is 5.05. The minimum absolute atomic E-state index is 0.0813. The van der Waals surface area contributed by atoms with E-state index in [9.17, 15) is 14.4 Å². The van der Waals surface area contributed by atoms with Crippen molar-refractivity contribution in [2.24, 2.45) is 5.92 Å². The molecule has 3 rings (SSSR count). The van der Waals surface area contributed by atoms with Gasteiger partial charge < -0.3 is 15.1 Å². The molecule has 3 atom stereocenters. The summed E-state index contributed by atoms with van der Waals surface area (Å²) in [4.78, 5) is 38.3. The second kappa shape index (κ2) is 6.30. The lowest BCUT2D eigenvalue weighted by Crippen LogP contribution is -2.54. The highest BCUT2D eigenvalue weighted by Gasteiger charge is 2.55. The molecule has 2 N–H and O–H groups in total. The lowest BCUT2D eigenvalue weighted by Gasteiger charge is -2.36. The van der Waals surface area contributed by atoms with E-state index in [-0.39, 0.29) is 30.3 Å². The van der Waals surface area contributed by atoms with Gasteiger partial charge >= 0.3 is 6.03 Å². The molecule has 7 nitrogen and oxygen atoms in total. The van der Waals surface area contributed by atoms with Gasteiger partial charge in [0, 0.05) is 0 Å². The van der Waals surface area contributed by atoms with Crippen molar-refractivity contribution in [3.05, 3.63) is 24.2 Å². The van der Waals surface area contributed by atoms with Crippen LogP contribution >= 0.6 is 0 Å². The van der Waals surface area contributed by atoms with E-state index in [0.29, 0.717) is 12.2 Å². The van der Waals surface area contributed by atoms with Crippen LogP contribution in [0.2, 0.25) is 0 Å². The van der Waals surface area contributed by atoms with Crippen molar-refractivity contribution in [2.45, 2.75) is 51.1 Å². The molecule has 1 spiro atoms. The average molecular weight is 333 g/mol. The fraction of sp³-hybridized carbons (Fsp3) is 0.588. The molecule has 1 saturated carbocycles. The van der Waals surface area contributed by atoms with Crippen LogP contribution in [-0.2, 0) is 9.59 Å². The summed E-state index contributed by atoms with van der Waals surface area (Å²) >= 11 is 0. The van der Waals surface area contributed by atoms with Crippen molar-refractivity contribution in [3.63, 3.8) is 0 Å². The summed E-state index contributed by atoms with van der Waals surface area (Å²) < 4.78 is 5.24. The summed E-state index contributed by atoms with van der Waals surface area (Å²) in [5.74, 6) is 0.0409. The van der Waals surface area contributed by atoms with Crippen molar-refractivity contribution in [1.29, 1.82) is 0 Å². The summed E-state index contributed by atoms with van der Waals surface area (Å²) in [6.45, 7) is 3.50. The smallest absolute Gasteiger partial charge is 0.325 e. The largest absolute Gasteiger partial charge is 0.467 e. The Hall–Kier alpha value is -2.31. The third-order valence-electron chi connectivity index (χ3n) is 5.15. The number of furan rings is 1. The molecule has 0 unspecified atom stereocenters. The summed E-state index contributed by atoms with van der Waals surface area (Å²) in [5.41, 5.74) is -0.831. The Kier molecular flexibility index (Phi) is 4.34. The monoisotopic (exact) mass is 333 g/mol. The third-order valence-corrected chi connectivity index (χ3v) is 5.15. The van der Waals surface area contributed by atoms with Crippen LogP contribution in [0.5, 0.6) is 0 Å². The van der Waals surface area contributed by atoms with E-state index in [1.807, 2.05) is 6.92 Å². The fourth-order valence-corrected chi connectivity index (χ4v) is 3.68. The third kappa shape index (κ3) is 2.79. The molecule has 2 heterocycles. The van der Waals surface area contributed by atoms with Crippen LogP contribution in [0.15, 0.2) is 22.8 Å². The number of imide groups is 1. The number of amides is 4. The zero-order valence-electron chi connectivity index (χ0n) is 14.0. The van der Waals surface area contributed by atoms with Gasteiger partial charge in [0.2, 0.25) is 5.91 Å². The fourth-order valence-electron chi connectivity index (χ4n) is 3.68. The number of rotatable bonds is 4. The Morgan fingerprint density at radius 1 is 1.50 bits per heavy atom. The molecule has 1 aliphatic heterocycles. The van der Waals surface area contributed by atoms with Crippen molar-refractivity contribution < 1.29 is 18.8 Å². The number of carbonyl (C=O) groups is 3. The van der Waals surface area contributed by atoms with E-state index >= 15 is 0 Å². The highest BCUT2D eigenvalue weighted by atomic mass is 16.3. The second-order valence-electron chi connectivity index (χ2n) is 6.74. The Morgan fingerprint density at radius 3 is 2.96 bits per heavy atom. The summed E-state index contributed by atoms with van der Waals surface area (Å²) in [5, 5.41) is 5.59. The average Bonchev–Trinajstić information content (AvgIpc) is 3.15. The van der Waals surface area contributed by atoms with E-state index in [4.69, 9.17) is 4.42 Å². The van der Waals surface area contributed by atoms with Crippen LogP contribution in [0.4, 0.5) is 4.79 Å². The maximum Gasteiger partial charge on any atom is 0.325 e. The summed E-state index contributed by atoms with van der Waals surface area (Å²) in [7, 11) is 0. The molecular weight excluding hydrogens is 310 g/mol. The molecule has 1 aromatic heterocycles. The van der Waals surface area contributed by atoms with Crippen molar-refractivity contribution in [1.82, 2.24) is 15.5 Å². The van der Waals surface area contributed by atoms with Gasteiger partial charge in [0.25, 0.3) is 5.91 Å². The molecule has 7 heteroatoms. The molecule has 24 heavy (non-hydrogen) atoms. The second-order valence-corrected chi connectivity index (χ2v) is 6.74. The van der Waals surface area contributed by atoms with Gasteiger partial charge in [-0.2, -0.15) is 0 Å². The van der Waals surface area contributed by atoms with Crippen LogP contribution in [0.25, 0.3) is 0 Å². The Balaban J connectivity index is 1.65.